The summed E-state index contributed by atoms with van der Waals surface area (Å²) in [5.74, 6) is 1.48. The maximum absolute atomic E-state index is 6.34. The van der Waals surface area contributed by atoms with Crippen LogP contribution in [0.25, 0.3) is 0 Å². The molecule has 0 aromatic heterocycles. The Kier molecular flexibility index (Phi) is 3.73. The molecule has 0 spiro atoms. The van der Waals surface area contributed by atoms with Crippen LogP contribution in [0.5, 0.6) is 5.75 Å². The molecule has 21 heavy (non-hydrogen) atoms. The van der Waals surface area contributed by atoms with Crippen LogP contribution in [0.3, 0.4) is 0 Å². The third-order valence-electron chi connectivity index (χ3n) is 4.28. The smallest absolute Gasteiger partial charge is 0.126 e. The van der Waals surface area contributed by atoms with Crippen molar-refractivity contribution >= 4 is 0 Å². The van der Waals surface area contributed by atoms with Gasteiger partial charge in [0.25, 0.3) is 0 Å². The Morgan fingerprint density at radius 3 is 2.48 bits per heavy atom. The van der Waals surface area contributed by atoms with Crippen molar-refractivity contribution in [1.29, 1.82) is 0 Å². The van der Waals surface area contributed by atoms with Gasteiger partial charge in [0, 0.05) is 18.0 Å². The van der Waals surface area contributed by atoms with E-state index in [0.717, 1.165) is 17.7 Å². The number of hydrogen-bond donors (Lipinski definition) is 1. The Hall–Kier alpha value is -1.80. The first-order valence-electron chi connectivity index (χ1n) is 7.67. The van der Waals surface area contributed by atoms with Crippen molar-refractivity contribution in [2.75, 3.05) is 0 Å². The number of fused-ring (bicyclic) bond motifs is 1. The normalized spacial score (nSPS) is 21.0. The molecule has 0 fully saturated rings. The van der Waals surface area contributed by atoms with Crippen LogP contribution in [0.2, 0.25) is 0 Å². The summed E-state index contributed by atoms with van der Waals surface area (Å²) in [5.41, 5.74) is 11.3. The van der Waals surface area contributed by atoms with Gasteiger partial charge >= 0.3 is 0 Å². The third-order valence-corrected chi connectivity index (χ3v) is 4.28. The highest BCUT2D eigenvalue weighted by molar-refractivity contribution is 5.42. The van der Waals surface area contributed by atoms with Gasteiger partial charge in [-0.05, 0) is 30.0 Å². The quantitative estimate of drug-likeness (QED) is 0.870. The fourth-order valence-corrected chi connectivity index (χ4v) is 2.92. The molecule has 0 amide bonds. The molecule has 2 aromatic carbocycles. The second-order valence-electron chi connectivity index (χ2n) is 6.31. The van der Waals surface area contributed by atoms with Crippen molar-refractivity contribution < 1.29 is 4.74 Å². The van der Waals surface area contributed by atoms with Crippen LogP contribution in [0, 0.1) is 6.92 Å². The Balaban J connectivity index is 1.86. The van der Waals surface area contributed by atoms with Gasteiger partial charge in [-0.3, -0.25) is 0 Å². The highest BCUT2D eigenvalue weighted by Crippen LogP contribution is 2.40. The van der Waals surface area contributed by atoms with Crippen LogP contribution in [0.4, 0.5) is 0 Å². The number of ether oxygens (including phenoxy) is 1. The van der Waals surface area contributed by atoms with Crippen molar-refractivity contribution in [2.45, 2.75) is 45.3 Å². The Morgan fingerprint density at radius 1 is 1.10 bits per heavy atom. The zero-order valence-electron chi connectivity index (χ0n) is 13.0. The summed E-state index contributed by atoms with van der Waals surface area (Å²) in [7, 11) is 0. The van der Waals surface area contributed by atoms with Crippen LogP contribution >= 0.6 is 0 Å². The molecule has 1 aliphatic rings. The van der Waals surface area contributed by atoms with E-state index < -0.39 is 0 Å². The van der Waals surface area contributed by atoms with Crippen molar-refractivity contribution in [3.05, 3.63) is 64.7 Å². The van der Waals surface area contributed by atoms with E-state index in [1.807, 2.05) is 6.07 Å². The minimum absolute atomic E-state index is 0.0448. The van der Waals surface area contributed by atoms with Crippen LogP contribution < -0.4 is 10.5 Å². The number of hydrogen-bond acceptors (Lipinski definition) is 2. The Morgan fingerprint density at radius 2 is 1.81 bits per heavy atom. The summed E-state index contributed by atoms with van der Waals surface area (Å²) in [6.07, 6.45) is 0.883. The van der Waals surface area contributed by atoms with Crippen molar-refractivity contribution in [3.63, 3.8) is 0 Å². The average Bonchev–Trinajstić information content (AvgIpc) is 2.48. The first kappa shape index (κ1) is 14.2. The van der Waals surface area contributed by atoms with E-state index in [2.05, 4.69) is 57.2 Å². The van der Waals surface area contributed by atoms with E-state index in [9.17, 15) is 0 Å². The molecule has 2 atom stereocenters. The number of benzene rings is 2. The van der Waals surface area contributed by atoms with Gasteiger partial charge in [-0.2, -0.15) is 0 Å². The van der Waals surface area contributed by atoms with Crippen LogP contribution in [0.15, 0.2) is 42.5 Å². The minimum atomic E-state index is 0.0448. The molecule has 2 aromatic rings. The first-order chi connectivity index (χ1) is 10.0. The summed E-state index contributed by atoms with van der Waals surface area (Å²) in [6, 6.07) is 15.0. The highest BCUT2D eigenvalue weighted by atomic mass is 16.5. The predicted octanol–water partition coefficient (Wildman–Crippen LogP) is 4.64. The van der Waals surface area contributed by atoms with Gasteiger partial charge in [-0.15, -0.1) is 0 Å². The maximum atomic E-state index is 6.34. The largest absolute Gasteiger partial charge is 0.485 e. The highest BCUT2D eigenvalue weighted by Gasteiger charge is 2.27. The van der Waals surface area contributed by atoms with Gasteiger partial charge in [-0.1, -0.05) is 55.8 Å². The molecule has 1 unspecified atom stereocenters. The Labute approximate surface area is 126 Å². The summed E-state index contributed by atoms with van der Waals surface area (Å²) >= 11 is 0. The molecule has 2 heteroatoms. The van der Waals surface area contributed by atoms with Crippen LogP contribution in [-0.4, -0.2) is 0 Å². The summed E-state index contributed by atoms with van der Waals surface area (Å²) in [6.45, 7) is 6.50. The molecule has 0 bridgehead atoms. The van der Waals surface area contributed by atoms with E-state index in [4.69, 9.17) is 10.5 Å². The molecule has 1 aliphatic heterocycles. The minimum Gasteiger partial charge on any atom is -0.485 e. The molecule has 0 aliphatic carbocycles. The predicted molar refractivity (Wildman–Crippen MR) is 86.6 cm³/mol. The fourth-order valence-electron chi connectivity index (χ4n) is 2.92. The molecule has 0 saturated carbocycles. The van der Waals surface area contributed by atoms with Gasteiger partial charge < -0.3 is 10.5 Å². The molecule has 2 nitrogen and oxygen atoms in total. The molecule has 0 saturated heterocycles. The molecule has 110 valence electrons. The first-order valence-corrected chi connectivity index (χ1v) is 7.67. The third kappa shape index (κ3) is 2.81. The molecule has 1 heterocycles. The second-order valence-corrected chi connectivity index (χ2v) is 6.31. The van der Waals surface area contributed by atoms with E-state index in [0.29, 0.717) is 5.92 Å². The van der Waals surface area contributed by atoms with E-state index in [1.165, 1.54) is 16.7 Å². The molecular formula is C19H23NO. The molecule has 3 rings (SSSR count). The lowest BCUT2D eigenvalue weighted by Crippen LogP contribution is -2.24. The molecule has 2 N–H and O–H groups in total. The standard InChI is InChI=1S/C19H23NO/c1-12(2)14-5-7-15(8-6-14)19-11-17(20)16-10-13(3)4-9-18(16)21-19/h4-10,12,17,19H,11,20H2,1-3H3/t17-,19?/m1/s1. The SMILES string of the molecule is Cc1ccc2c(c1)[C@H](N)CC(c1ccc(C(C)C)cc1)O2. The number of rotatable bonds is 2. The van der Waals surface area contributed by atoms with Gasteiger partial charge in [0.05, 0.1) is 0 Å². The fraction of sp³-hybridized carbons (Fsp3) is 0.368. The van der Waals surface area contributed by atoms with E-state index >= 15 is 0 Å². The zero-order valence-corrected chi connectivity index (χ0v) is 13.0. The van der Waals surface area contributed by atoms with Crippen molar-refractivity contribution in [1.82, 2.24) is 0 Å². The summed E-state index contributed by atoms with van der Waals surface area (Å²) in [4.78, 5) is 0. The van der Waals surface area contributed by atoms with Gasteiger partial charge in [0.2, 0.25) is 0 Å². The van der Waals surface area contributed by atoms with E-state index in [1.54, 1.807) is 0 Å². The number of nitrogens with two attached hydrogens (primary N) is 1. The van der Waals surface area contributed by atoms with Crippen molar-refractivity contribution in [2.24, 2.45) is 5.73 Å². The molecular weight excluding hydrogens is 258 g/mol. The lowest BCUT2D eigenvalue weighted by Gasteiger charge is -2.31. The van der Waals surface area contributed by atoms with Crippen molar-refractivity contribution in [3.8, 4) is 5.75 Å². The molecule has 0 radical (unpaired) electrons. The lowest BCUT2D eigenvalue weighted by atomic mass is 9.91. The summed E-state index contributed by atoms with van der Waals surface area (Å²) < 4.78 is 6.16. The van der Waals surface area contributed by atoms with Gasteiger partial charge in [-0.25, -0.2) is 0 Å². The zero-order chi connectivity index (χ0) is 15.0. The second kappa shape index (κ2) is 5.53. The monoisotopic (exact) mass is 281 g/mol. The van der Waals surface area contributed by atoms with Crippen LogP contribution in [-0.2, 0) is 0 Å². The maximum Gasteiger partial charge on any atom is 0.126 e. The topological polar surface area (TPSA) is 35.2 Å². The van der Waals surface area contributed by atoms with E-state index in [-0.39, 0.29) is 12.1 Å². The average molecular weight is 281 g/mol. The van der Waals surface area contributed by atoms with Gasteiger partial charge in [0.15, 0.2) is 0 Å². The van der Waals surface area contributed by atoms with Gasteiger partial charge in [0.1, 0.15) is 11.9 Å². The summed E-state index contributed by atoms with van der Waals surface area (Å²) in [5, 5.41) is 0. The Bertz CT molecular complexity index is 631. The number of aryl methyl sites for hydroxylation is 1. The lowest BCUT2D eigenvalue weighted by molar-refractivity contribution is 0.161. The van der Waals surface area contributed by atoms with Crippen LogP contribution in [0.1, 0.15) is 60.6 Å².